The van der Waals surface area contributed by atoms with E-state index in [1.807, 2.05) is 17.7 Å². The molecule has 1 aliphatic rings. The molecule has 2 unspecified atom stereocenters. The zero-order valence-corrected chi connectivity index (χ0v) is 19.2. The molecule has 0 radical (unpaired) electrons. The Morgan fingerprint density at radius 2 is 2.11 bits per heavy atom. The molecule has 0 saturated carbocycles. The predicted octanol–water partition coefficient (Wildman–Crippen LogP) is 2.11. The van der Waals surface area contributed by atoms with Gasteiger partial charge in [-0.25, -0.2) is 27.0 Å². The molecule has 0 spiro atoms. The molecule has 28 heavy (non-hydrogen) atoms. The summed E-state index contributed by atoms with van der Waals surface area (Å²) in [6, 6.07) is 1.21. The largest absolute Gasteiger partial charge is 0.337 e. The summed E-state index contributed by atoms with van der Waals surface area (Å²) >= 11 is 0.758. The number of hydrogen-bond donors (Lipinski definition) is 2. The number of nitrogens with one attached hydrogen (secondary N) is 1. The second-order valence-electron chi connectivity index (χ2n) is 6.31. The van der Waals surface area contributed by atoms with Gasteiger partial charge in [-0.15, -0.1) is 36.2 Å². The molecule has 2 aromatic rings. The van der Waals surface area contributed by atoms with E-state index in [0.29, 0.717) is 37.9 Å². The smallest absolute Gasteiger partial charge is 0.247 e. The van der Waals surface area contributed by atoms with E-state index in [2.05, 4.69) is 10.3 Å². The molecule has 0 fully saturated rings. The van der Waals surface area contributed by atoms with Gasteiger partial charge in [0.15, 0.2) is 9.84 Å². The number of nitrogens with two attached hydrogens (primary N) is 1. The van der Waals surface area contributed by atoms with Crippen LogP contribution in [0.3, 0.4) is 0 Å². The molecule has 3 heterocycles. The molecule has 0 aromatic carbocycles. The van der Waals surface area contributed by atoms with Crippen molar-refractivity contribution in [3.05, 3.63) is 30.4 Å². The standard InChI is InChI=1S/C15H22N4O4S3.2ClH/c1-2-18-13-8-11(4-3-6-19-7-5-17-10-19)25(20,21)15-12(13)9-14(24-15)26(16,22)23;;/h5,7,9-11,13,18H,2-4,6,8H2,1H3,(H2,16,22,23);2*1H. The van der Waals surface area contributed by atoms with Crippen molar-refractivity contribution < 1.29 is 16.8 Å². The molecule has 3 rings (SSSR count). The second kappa shape index (κ2) is 9.88. The van der Waals surface area contributed by atoms with Crippen LogP contribution in [0.5, 0.6) is 0 Å². The van der Waals surface area contributed by atoms with E-state index in [0.717, 1.165) is 11.3 Å². The van der Waals surface area contributed by atoms with Crippen LogP contribution in [0.1, 0.15) is 37.8 Å². The van der Waals surface area contributed by atoms with Gasteiger partial charge in [-0.05, 0) is 31.9 Å². The highest BCUT2D eigenvalue weighted by Gasteiger charge is 2.41. The van der Waals surface area contributed by atoms with Crippen LogP contribution in [0.15, 0.2) is 33.2 Å². The zero-order chi connectivity index (χ0) is 18.9. The molecule has 8 nitrogen and oxygen atoms in total. The normalized spacial score (nSPS) is 20.6. The lowest BCUT2D eigenvalue weighted by molar-refractivity contribution is 0.446. The third-order valence-electron chi connectivity index (χ3n) is 4.51. The molecule has 0 bridgehead atoms. The van der Waals surface area contributed by atoms with Crippen LogP contribution in [0.2, 0.25) is 0 Å². The number of thiophene rings is 1. The number of sulfone groups is 1. The minimum atomic E-state index is -3.93. The topological polar surface area (TPSA) is 124 Å². The Labute approximate surface area is 181 Å². The maximum absolute atomic E-state index is 13.0. The fourth-order valence-electron chi connectivity index (χ4n) is 3.27. The van der Waals surface area contributed by atoms with Crippen molar-refractivity contribution in [2.45, 2.75) is 52.4 Å². The molecule has 0 amide bonds. The molecule has 2 atom stereocenters. The van der Waals surface area contributed by atoms with Gasteiger partial charge in [0.05, 0.1) is 11.6 Å². The number of nitrogens with zero attached hydrogens (tertiary/aromatic N) is 2. The van der Waals surface area contributed by atoms with Gasteiger partial charge in [-0.2, -0.15) is 0 Å². The summed E-state index contributed by atoms with van der Waals surface area (Å²) in [5.41, 5.74) is 0.520. The first-order valence-electron chi connectivity index (χ1n) is 8.33. The maximum atomic E-state index is 13.0. The molecule has 2 aromatic heterocycles. The third kappa shape index (κ3) is 5.26. The number of aromatic nitrogens is 2. The number of rotatable bonds is 7. The Morgan fingerprint density at radius 3 is 2.68 bits per heavy atom. The molecular weight excluding hydrogens is 467 g/mol. The Hall–Kier alpha value is -0.690. The van der Waals surface area contributed by atoms with Crippen LogP contribution in [0.25, 0.3) is 0 Å². The molecule has 1 aliphatic heterocycles. The van der Waals surface area contributed by atoms with Gasteiger partial charge in [0, 0.05) is 30.5 Å². The van der Waals surface area contributed by atoms with E-state index in [1.54, 1.807) is 12.5 Å². The Morgan fingerprint density at radius 1 is 1.39 bits per heavy atom. The molecule has 13 heteroatoms. The van der Waals surface area contributed by atoms with Crippen LogP contribution in [0, 0.1) is 0 Å². The predicted molar refractivity (Wildman–Crippen MR) is 114 cm³/mol. The summed E-state index contributed by atoms with van der Waals surface area (Å²) < 4.78 is 51.3. The first-order valence-corrected chi connectivity index (χ1v) is 12.2. The summed E-state index contributed by atoms with van der Waals surface area (Å²) in [5.74, 6) is 0. The number of aryl methyl sites for hydroxylation is 1. The van der Waals surface area contributed by atoms with Crippen molar-refractivity contribution in [1.82, 2.24) is 14.9 Å². The number of hydrogen-bond acceptors (Lipinski definition) is 7. The first-order chi connectivity index (χ1) is 12.2. The average Bonchev–Trinajstić information content (AvgIpc) is 3.21. The van der Waals surface area contributed by atoms with Crippen molar-refractivity contribution in [2.75, 3.05) is 6.54 Å². The summed E-state index contributed by atoms with van der Waals surface area (Å²) in [6.45, 7) is 3.29. The van der Waals surface area contributed by atoms with Crippen molar-refractivity contribution in [2.24, 2.45) is 5.14 Å². The lowest BCUT2D eigenvalue weighted by Gasteiger charge is -2.29. The summed E-state index contributed by atoms with van der Waals surface area (Å²) in [5, 5.41) is 7.93. The number of sulfonamides is 1. The van der Waals surface area contributed by atoms with Crippen molar-refractivity contribution in [1.29, 1.82) is 0 Å². The van der Waals surface area contributed by atoms with Gasteiger partial charge >= 0.3 is 0 Å². The van der Waals surface area contributed by atoms with Crippen molar-refractivity contribution in [3.63, 3.8) is 0 Å². The number of imidazole rings is 1. The molecule has 160 valence electrons. The summed E-state index contributed by atoms with van der Waals surface area (Å²) in [4.78, 5) is 3.98. The van der Waals surface area contributed by atoms with E-state index in [9.17, 15) is 16.8 Å². The van der Waals surface area contributed by atoms with Gasteiger partial charge < -0.3 is 9.88 Å². The van der Waals surface area contributed by atoms with Gasteiger partial charge in [0.1, 0.15) is 8.42 Å². The van der Waals surface area contributed by atoms with Crippen LogP contribution >= 0.6 is 36.2 Å². The van der Waals surface area contributed by atoms with E-state index in [4.69, 9.17) is 5.14 Å². The first kappa shape index (κ1) is 25.3. The number of halogens is 2. The van der Waals surface area contributed by atoms with Gasteiger partial charge in [0.2, 0.25) is 10.0 Å². The molecule has 0 aliphatic carbocycles. The Bertz CT molecular complexity index is 975. The van der Waals surface area contributed by atoms with Gasteiger partial charge in [-0.1, -0.05) is 6.92 Å². The number of fused-ring (bicyclic) bond motifs is 1. The van der Waals surface area contributed by atoms with Crippen LogP contribution in [-0.2, 0) is 26.4 Å². The van der Waals surface area contributed by atoms with E-state index < -0.39 is 25.1 Å². The van der Waals surface area contributed by atoms with Crippen molar-refractivity contribution >= 4 is 56.0 Å². The maximum Gasteiger partial charge on any atom is 0.247 e. The van der Waals surface area contributed by atoms with Gasteiger partial charge in [0.25, 0.3) is 0 Å². The Balaban J connectivity index is 0.00000196. The van der Waals surface area contributed by atoms with E-state index >= 15 is 0 Å². The quantitative estimate of drug-likeness (QED) is 0.612. The average molecular weight is 491 g/mol. The lowest BCUT2D eigenvalue weighted by atomic mass is 10.0. The number of primary sulfonamides is 1. The minimum absolute atomic E-state index is 0. The van der Waals surface area contributed by atoms with Crippen molar-refractivity contribution in [3.8, 4) is 0 Å². The third-order valence-corrected chi connectivity index (χ3v) is 9.88. The van der Waals surface area contributed by atoms with Crippen LogP contribution in [-0.4, -0.2) is 38.2 Å². The highest BCUT2D eigenvalue weighted by molar-refractivity contribution is 7.95. The molecular formula is C15H24Cl2N4O4S3. The van der Waals surface area contributed by atoms with Gasteiger partial charge in [-0.3, -0.25) is 0 Å². The lowest BCUT2D eigenvalue weighted by Crippen LogP contribution is -2.35. The highest BCUT2D eigenvalue weighted by Crippen LogP contribution is 2.43. The Kier molecular flexibility index (Phi) is 8.94. The summed E-state index contributed by atoms with van der Waals surface area (Å²) in [6.07, 6.45) is 6.85. The SMILES string of the molecule is CCNC1CC(CCCn2ccnc2)S(=O)(=O)c2sc(S(N)(=O)=O)cc21.Cl.Cl. The highest BCUT2D eigenvalue weighted by atomic mass is 35.5. The summed E-state index contributed by atoms with van der Waals surface area (Å²) in [7, 11) is -7.51. The van der Waals surface area contributed by atoms with E-state index in [1.165, 1.54) is 6.07 Å². The fraction of sp³-hybridized carbons (Fsp3) is 0.533. The van der Waals surface area contributed by atoms with Crippen LogP contribution < -0.4 is 10.5 Å². The zero-order valence-electron chi connectivity index (χ0n) is 15.1. The fourth-order valence-corrected chi connectivity index (χ4v) is 8.02. The van der Waals surface area contributed by atoms with E-state index in [-0.39, 0.29) is 39.3 Å². The molecule has 3 N–H and O–H groups in total. The van der Waals surface area contributed by atoms with Crippen LogP contribution in [0.4, 0.5) is 0 Å². The molecule has 0 saturated heterocycles. The minimum Gasteiger partial charge on any atom is -0.337 e. The monoisotopic (exact) mass is 490 g/mol. The second-order valence-corrected chi connectivity index (χ2v) is 11.6.